The van der Waals surface area contributed by atoms with E-state index in [2.05, 4.69) is 19.2 Å². The topological polar surface area (TPSA) is 55.1 Å². The normalized spacial score (nSPS) is 12.2. The molecule has 2 rings (SSSR count). The predicted molar refractivity (Wildman–Crippen MR) is 87.1 cm³/mol. The quantitative estimate of drug-likeness (QED) is 0.840. The molecule has 1 unspecified atom stereocenters. The SMILES string of the molecule is Cc1ccc(N)c(C(=O)NC(c2ccccc2)C(C)C)c1. The number of hydrogen-bond acceptors (Lipinski definition) is 2. The fourth-order valence-corrected chi connectivity index (χ4v) is 2.38. The molecule has 0 aliphatic rings. The van der Waals surface area contributed by atoms with Gasteiger partial charge in [-0.25, -0.2) is 0 Å². The fraction of sp³-hybridized carbons (Fsp3) is 0.278. The first kappa shape index (κ1) is 15.1. The predicted octanol–water partition coefficient (Wildman–Crippen LogP) is 3.70. The van der Waals surface area contributed by atoms with Crippen LogP contribution < -0.4 is 11.1 Å². The van der Waals surface area contributed by atoms with Gasteiger partial charge in [0.05, 0.1) is 11.6 Å². The Kier molecular flexibility index (Phi) is 4.63. The van der Waals surface area contributed by atoms with E-state index in [1.165, 1.54) is 0 Å². The highest BCUT2D eigenvalue weighted by Gasteiger charge is 2.20. The number of anilines is 1. The molecule has 2 aromatic carbocycles. The third-order valence-electron chi connectivity index (χ3n) is 3.57. The van der Waals surface area contributed by atoms with Crippen molar-refractivity contribution in [2.24, 2.45) is 5.92 Å². The molecule has 0 spiro atoms. The summed E-state index contributed by atoms with van der Waals surface area (Å²) in [6.45, 7) is 6.14. The van der Waals surface area contributed by atoms with Crippen molar-refractivity contribution in [3.8, 4) is 0 Å². The van der Waals surface area contributed by atoms with Crippen molar-refractivity contribution in [3.05, 3.63) is 65.2 Å². The zero-order chi connectivity index (χ0) is 15.4. The molecular weight excluding hydrogens is 260 g/mol. The van der Waals surface area contributed by atoms with Crippen molar-refractivity contribution >= 4 is 11.6 Å². The maximum absolute atomic E-state index is 12.5. The number of carbonyl (C=O) groups excluding carboxylic acids is 1. The van der Waals surface area contributed by atoms with Gasteiger partial charge in [-0.05, 0) is 30.5 Å². The number of aryl methyl sites for hydroxylation is 1. The van der Waals surface area contributed by atoms with Crippen molar-refractivity contribution in [3.63, 3.8) is 0 Å². The van der Waals surface area contributed by atoms with E-state index in [1.807, 2.05) is 49.4 Å². The summed E-state index contributed by atoms with van der Waals surface area (Å²) in [5, 5.41) is 3.10. The second-order valence-corrected chi connectivity index (χ2v) is 5.70. The lowest BCUT2D eigenvalue weighted by atomic mass is 9.95. The minimum atomic E-state index is -0.126. The molecule has 0 aromatic heterocycles. The van der Waals surface area contributed by atoms with Gasteiger partial charge in [0, 0.05) is 5.69 Å². The maximum atomic E-state index is 12.5. The Morgan fingerprint density at radius 1 is 1.10 bits per heavy atom. The first-order valence-corrected chi connectivity index (χ1v) is 7.21. The van der Waals surface area contributed by atoms with Gasteiger partial charge in [-0.1, -0.05) is 55.8 Å². The molecule has 0 saturated heterocycles. The summed E-state index contributed by atoms with van der Waals surface area (Å²) < 4.78 is 0. The van der Waals surface area contributed by atoms with Crippen LogP contribution in [0.3, 0.4) is 0 Å². The molecule has 0 radical (unpaired) electrons. The Morgan fingerprint density at radius 3 is 2.38 bits per heavy atom. The second-order valence-electron chi connectivity index (χ2n) is 5.70. The van der Waals surface area contributed by atoms with E-state index in [1.54, 1.807) is 6.07 Å². The van der Waals surface area contributed by atoms with Gasteiger partial charge in [0.1, 0.15) is 0 Å². The molecule has 21 heavy (non-hydrogen) atoms. The number of benzene rings is 2. The van der Waals surface area contributed by atoms with Crippen LogP contribution >= 0.6 is 0 Å². The largest absolute Gasteiger partial charge is 0.398 e. The zero-order valence-electron chi connectivity index (χ0n) is 12.8. The molecule has 1 atom stereocenters. The van der Waals surface area contributed by atoms with E-state index in [9.17, 15) is 4.79 Å². The van der Waals surface area contributed by atoms with E-state index < -0.39 is 0 Å². The first-order chi connectivity index (χ1) is 9.99. The summed E-state index contributed by atoms with van der Waals surface area (Å²) >= 11 is 0. The third kappa shape index (κ3) is 3.63. The highest BCUT2D eigenvalue weighted by atomic mass is 16.1. The van der Waals surface area contributed by atoms with Crippen LogP contribution in [-0.4, -0.2) is 5.91 Å². The van der Waals surface area contributed by atoms with E-state index in [0.29, 0.717) is 17.2 Å². The Hall–Kier alpha value is -2.29. The molecule has 3 heteroatoms. The van der Waals surface area contributed by atoms with Crippen molar-refractivity contribution in [2.45, 2.75) is 26.8 Å². The number of nitrogen functional groups attached to an aromatic ring is 1. The summed E-state index contributed by atoms with van der Waals surface area (Å²) in [6, 6.07) is 15.5. The highest BCUT2D eigenvalue weighted by molar-refractivity contribution is 5.99. The number of rotatable bonds is 4. The zero-order valence-corrected chi connectivity index (χ0v) is 12.8. The molecule has 110 valence electrons. The smallest absolute Gasteiger partial charge is 0.253 e. The minimum absolute atomic E-state index is 0.0291. The summed E-state index contributed by atoms with van der Waals surface area (Å²) in [7, 11) is 0. The molecule has 2 aromatic rings. The molecular formula is C18H22N2O. The Morgan fingerprint density at radius 2 is 1.76 bits per heavy atom. The molecule has 0 aliphatic heterocycles. The molecule has 0 saturated carbocycles. The Balaban J connectivity index is 2.25. The number of nitrogens with one attached hydrogen (secondary N) is 1. The van der Waals surface area contributed by atoms with Gasteiger partial charge in [-0.2, -0.15) is 0 Å². The van der Waals surface area contributed by atoms with E-state index in [-0.39, 0.29) is 11.9 Å². The molecule has 3 N–H and O–H groups in total. The van der Waals surface area contributed by atoms with Crippen LogP contribution in [0.15, 0.2) is 48.5 Å². The van der Waals surface area contributed by atoms with Gasteiger partial charge in [0.2, 0.25) is 0 Å². The summed E-state index contributed by atoms with van der Waals surface area (Å²) in [6.07, 6.45) is 0. The lowest BCUT2D eigenvalue weighted by Gasteiger charge is -2.23. The summed E-state index contributed by atoms with van der Waals surface area (Å²) in [5.41, 5.74) is 9.09. The number of hydrogen-bond donors (Lipinski definition) is 2. The second kappa shape index (κ2) is 6.44. The van der Waals surface area contributed by atoms with Gasteiger partial charge in [0.25, 0.3) is 5.91 Å². The number of amides is 1. The van der Waals surface area contributed by atoms with Crippen LogP contribution in [0.1, 0.15) is 41.4 Å². The minimum Gasteiger partial charge on any atom is -0.398 e. The van der Waals surface area contributed by atoms with E-state index in [0.717, 1.165) is 11.1 Å². The Labute approximate surface area is 126 Å². The number of nitrogens with two attached hydrogens (primary N) is 1. The third-order valence-corrected chi connectivity index (χ3v) is 3.57. The molecule has 0 fully saturated rings. The lowest BCUT2D eigenvalue weighted by Crippen LogP contribution is -2.32. The molecule has 3 nitrogen and oxygen atoms in total. The first-order valence-electron chi connectivity index (χ1n) is 7.21. The molecule has 0 bridgehead atoms. The highest BCUT2D eigenvalue weighted by Crippen LogP contribution is 2.23. The van der Waals surface area contributed by atoms with Gasteiger partial charge in [0.15, 0.2) is 0 Å². The van der Waals surface area contributed by atoms with Crippen molar-refractivity contribution in [1.29, 1.82) is 0 Å². The van der Waals surface area contributed by atoms with Crippen molar-refractivity contribution in [1.82, 2.24) is 5.32 Å². The maximum Gasteiger partial charge on any atom is 0.253 e. The molecule has 1 amide bonds. The average molecular weight is 282 g/mol. The van der Waals surface area contributed by atoms with Crippen molar-refractivity contribution in [2.75, 3.05) is 5.73 Å². The fourth-order valence-electron chi connectivity index (χ4n) is 2.38. The molecule has 0 heterocycles. The van der Waals surface area contributed by atoms with Crippen LogP contribution in [-0.2, 0) is 0 Å². The number of carbonyl (C=O) groups is 1. The van der Waals surface area contributed by atoms with Crippen LogP contribution in [0.2, 0.25) is 0 Å². The van der Waals surface area contributed by atoms with Crippen LogP contribution in [0.25, 0.3) is 0 Å². The van der Waals surface area contributed by atoms with Gasteiger partial charge in [-0.3, -0.25) is 4.79 Å². The van der Waals surface area contributed by atoms with E-state index in [4.69, 9.17) is 5.73 Å². The monoisotopic (exact) mass is 282 g/mol. The van der Waals surface area contributed by atoms with Crippen LogP contribution in [0.5, 0.6) is 0 Å². The van der Waals surface area contributed by atoms with Gasteiger partial charge in [-0.15, -0.1) is 0 Å². The van der Waals surface area contributed by atoms with Gasteiger partial charge >= 0.3 is 0 Å². The van der Waals surface area contributed by atoms with Crippen LogP contribution in [0.4, 0.5) is 5.69 Å². The molecule has 0 aliphatic carbocycles. The summed E-state index contributed by atoms with van der Waals surface area (Å²) in [4.78, 5) is 12.5. The van der Waals surface area contributed by atoms with Crippen molar-refractivity contribution < 1.29 is 4.79 Å². The average Bonchev–Trinajstić information content (AvgIpc) is 2.47. The lowest BCUT2D eigenvalue weighted by molar-refractivity contribution is 0.0926. The Bertz CT molecular complexity index is 620. The van der Waals surface area contributed by atoms with E-state index >= 15 is 0 Å². The van der Waals surface area contributed by atoms with Gasteiger partial charge < -0.3 is 11.1 Å². The van der Waals surface area contributed by atoms with Crippen LogP contribution in [0, 0.1) is 12.8 Å². The standard InChI is InChI=1S/C18H22N2O/c1-12(2)17(14-7-5-4-6-8-14)20-18(21)15-11-13(3)9-10-16(15)19/h4-12,17H,19H2,1-3H3,(H,20,21). The summed E-state index contributed by atoms with van der Waals surface area (Å²) in [5.74, 6) is 0.168.